The summed E-state index contributed by atoms with van der Waals surface area (Å²) in [6.45, 7) is 0.314. The van der Waals surface area contributed by atoms with E-state index in [1.807, 2.05) is 42.5 Å². The normalized spacial score (nSPS) is 16.6. The first-order valence-electron chi connectivity index (χ1n) is 8.71. The summed E-state index contributed by atoms with van der Waals surface area (Å²) >= 11 is 0. The molecule has 1 aliphatic rings. The third-order valence-electron chi connectivity index (χ3n) is 5.17. The van der Waals surface area contributed by atoms with Gasteiger partial charge in [0.2, 0.25) is 0 Å². The Morgan fingerprint density at radius 2 is 1.76 bits per heavy atom. The molecule has 2 aromatic rings. The number of azide groups is 1. The topological polar surface area (TPSA) is 82.9 Å². The molecule has 0 aliphatic heterocycles. The van der Waals surface area contributed by atoms with E-state index in [0.717, 1.165) is 16.3 Å². The summed E-state index contributed by atoms with van der Waals surface area (Å²) in [5.74, 6) is 0.0789. The molecule has 1 fully saturated rings. The number of hydrogen-bond donors (Lipinski definition) is 0. The second-order valence-electron chi connectivity index (χ2n) is 6.66. The zero-order valence-corrected chi connectivity index (χ0v) is 14.1. The van der Waals surface area contributed by atoms with Crippen LogP contribution < -0.4 is 0 Å². The Bertz CT molecular complexity index is 832. The van der Waals surface area contributed by atoms with Gasteiger partial charge in [-0.15, -0.1) is 0 Å². The van der Waals surface area contributed by atoms with E-state index in [1.165, 1.54) is 0 Å². The van der Waals surface area contributed by atoms with E-state index >= 15 is 0 Å². The number of fused-ring (bicyclic) bond motifs is 1. The molecule has 5 nitrogen and oxygen atoms in total. The van der Waals surface area contributed by atoms with Crippen molar-refractivity contribution < 1.29 is 9.59 Å². The van der Waals surface area contributed by atoms with Gasteiger partial charge in [-0.2, -0.15) is 0 Å². The first-order chi connectivity index (χ1) is 12.2. The number of carbonyl (C=O) groups is 2. The van der Waals surface area contributed by atoms with Gasteiger partial charge in [-0.05, 0) is 47.6 Å². The van der Waals surface area contributed by atoms with Crippen LogP contribution in [-0.4, -0.2) is 18.1 Å². The van der Waals surface area contributed by atoms with Crippen LogP contribution in [0.3, 0.4) is 0 Å². The van der Waals surface area contributed by atoms with Crippen LogP contribution in [-0.2, 0) is 16.0 Å². The Labute approximate surface area is 146 Å². The lowest BCUT2D eigenvalue weighted by atomic mass is 9.65. The minimum atomic E-state index is -0.965. The minimum absolute atomic E-state index is 0.0395. The fourth-order valence-electron chi connectivity index (χ4n) is 3.88. The minimum Gasteiger partial charge on any atom is -0.299 e. The molecule has 2 aromatic carbocycles. The highest BCUT2D eigenvalue weighted by Gasteiger charge is 2.46. The van der Waals surface area contributed by atoms with Crippen molar-refractivity contribution in [3.8, 4) is 0 Å². The number of carbonyl (C=O) groups excluding carboxylic acids is 2. The van der Waals surface area contributed by atoms with Crippen LogP contribution in [0.5, 0.6) is 0 Å². The Kier molecular flexibility index (Phi) is 5.15. The van der Waals surface area contributed by atoms with Crippen molar-refractivity contribution in [1.29, 1.82) is 0 Å². The number of nitrogens with zero attached hydrogens (tertiary/aromatic N) is 3. The van der Waals surface area contributed by atoms with Gasteiger partial charge >= 0.3 is 0 Å². The van der Waals surface area contributed by atoms with Gasteiger partial charge in [-0.25, -0.2) is 0 Å². The lowest BCUT2D eigenvalue weighted by molar-refractivity contribution is -0.144. The maximum Gasteiger partial charge on any atom is 0.146 e. The Balaban J connectivity index is 1.97. The Hall–Kier alpha value is -2.65. The van der Waals surface area contributed by atoms with Gasteiger partial charge in [0.05, 0.1) is 5.41 Å². The molecule has 128 valence electrons. The summed E-state index contributed by atoms with van der Waals surface area (Å²) in [4.78, 5) is 28.4. The van der Waals surface area contributed by atoms with Crippen LogP contribution >= 0.6 is 0 Å². The molecule has 0 N–H and O–H groups in total. The lowest BCUT2D eigenvalue weighted by Gasteiger charge is -2.34. The molecular formula is C20H21N3O2. The summed E-state index contributed by atoms with van der Waals surface area (Å²) in [6.07, 6.45) is 2.99. The molecule has 0 bridgehead atoms. The standard InChI is InChI=1S/C20H21N3O2/c21-23-22-13-5-12-20(18(24)10-4-11-19(20)25)14-16-8-3-7-15-6-1-2-9-17(15)16/h1-3,6-9H,4-5,10-14H2. The van der Waals surface area contributed by atoms with E-state index in [1.54, 1.807) is 0 Å². The van der Waals surface area contributed by atoms with Crippen LogP contribution in [0.4, 0.5) is 0 Å². The van der Waals surface area contributed by atoms with Crippen LogP contribution in [0.15, 0.2) is 47.6 Å². The van der Waals surface area contributed by atoms with Crippen molar-refractivity contribution in [3.63, 3.8) is 0 Å². The van der Waals surface area contributed by atoms with E-state index < -0.39 is 5.41 Å². The highest BCUT2D eigenvalue weighted by Crippen LogP contribution is 2.39. The fraction of sp³-hybridized carbons (Fsp3) is 0.400. The molecule has 1 saturated carbocycles. The van der Waals surface area contributed by atoms with Crippen molar-refractivity contribution in [1.82, 2.24) is 0 Å². The smallest absolute Gasteiger partial charge is 0.146 e. The second-order valence-corrected chi connectivity index (χ2v) is 6.66. The summed E-state index contributed by atoms with van der Waals surface area (Å²) in [6, 6.07) is 14.1. The lowest BCUT2D eigenvalue weighted by Crippen LogP contribution is -2.44. The van der Waals surface area contributed by atoms with Crippen LogP contribution in [0.1, 0.15) is 37.7 Å². The van der Waals surface area contributed by atoms with Crippen LogP contribution in [0.2, 0.25) is 0 Å². The fourth-order valence-corrected chi connectivity index (χ4v) is 3.88. The van der Waals surface area contributed by atoms with E-state index in [9.17, 15) is 9.59 Å². The largest absolute Gasteiger partial charge is 0.299 e. The maximum atomic E-state index is 12.8. The number of Topliss-reactive ketones (excluding diaryl/α,β-unsaturated/α-hetero) is 2. The molecule has 0 saturated heterocycles. The molecule has 1 aliphatic carbocycles. The van der Waals surface area contributed by atoms with Crippen LogP contribution in [0.25, 0.3) is 21.2 Å². The molecule has 0 spiro atoms. The van der Waals surface area contributed by atoms with E-state index in [4.69, 9.17) is 5.53 Å². The van der Waals surface area contributed by atoms with Crippen molar-refractivity contribution in [2.75, 3.05) is 6.54 Å². The number of rotatable bonds is 6. The highest BCUT2D eigenvalue weighted by atomic mass is 16.2. The van der Waals surface area contributed by atoms with Gasteiger partial charge in [-0.3, -0.25) is 9.59 Å². The SMILES string of the molecule is [N-]=[N+]=NCCCC1(Cc2cccc3ccccc23)C(=O)CCCC1=O. The van der Waals surface area contributed by atoms with Crippen molar-refractivity contribution >= 4 is 22.3 Å². The molecule has 0 radical (unpaired) electrons. The van der Waals surface area contributed by atoms with Gasteiger partial charge < -0.3 is 0 Å². The Morgan fingerprint density at radius 3 is 2.52 bits per heavy atom. The summed E-state index contributed by atoms with van der Waals surface area (Å²) in [5, 5.41) is 5.75. The van der Waals surface area contributed by atoms with Gasteiger partial charge in [-0.1, -0.05) is 47.6 Å². The van der Waals surface area contributed by atoms with E-state index in [0.29, 0.717) is 45.1 Å². The van der Waals surface area contributed by atoms with Gasteiger partial charge in [0.15, 0.2) is 0 Å². The summed E-state index contributed by atoms with van der Waals surface area (Å²) in [5.41, 5.74) is 8.52. The quantitative estimate of drug-likeness (QED) is 0.250. The second kappa shape index (κ2) is 7.49. The third-order valence-corrected chi connectivity index (χ3v) is 5.17. The van der Waals surface area contributed by atoms with Crippen molar-refractivity contribution in [2.24, 2.45) is 10.5 Å². The molecule has 0 amide bonds. The first kappa shape index (κ1) is 17.2. The molecule has 0 aromatic heterocycles. The summed E-state index contributed by atoms with van der Waals surface area (Å²) < 4.78 is 0. The predicted octanol–water partition coefficient (Wildman–Crippen LogP) is 4.78. The van der Waals surface area contributed by atoms with Gasteiger partial charge in [0.1, 0.15) is 11.6 Å². The number of benzene rings is 2. The molecule has 0 unspecified atom stereocenters. The Morgan fingerprint density at radius 1 is 1.04 bits per heavy atom. The zero-order valence-electron chi connectivity index (χ0n) is 14.1. The molecule has 0 atom stereocenters. The average molecular weight is 335 g/mol. The average Bonchev–Trinajstić information content (AvgIpc) is 2.63. The van der Waals surface area contributed by atoms with Crippen LogP contribution in [0, 0.1) is 5.41 Å². The molecule has 25 heavy (non-hydrogen) atoms. The third kappa shape index (κ3) is 3.42. The molecule has 5 heteroatoms. The summed E-state index contributed by atoms with van der Waals surface area (Å²) in [7, 11) is 0. The monoisotopic (exact) mass is 335 g/mol. The van der Waals surface area contributed by atoms with Gasteiger partial charge in [0.25, 0.3) is 0 Å². The molecular weight excluding hydrogens is 314 g/mol. The van der Waals surface area contributed by atoms with Gasteiger partial charge in [0, 0.05) is 24.3 Å². The van der Waals surface area contributed by atoms with Crippen molar-refractivity contribution in [2.45, 2.75) is 38.5 Å². The van der Waals surface area contributed by atoms with Crippen molar-refractivity contribution in [3.05, 3.63) is 58.5 Å². The first-order valence-corrected chi connectivity index (χ1v) is 8.71. The highest BCUT2D eigenvalue weighted by molar-refractivity contribution is 6.09. The maximum absolute atomic E-state index is 12.8. The number of ketones is 2. The van der Waals surface area contributed by atoms with E-state index in [-0.39, 0.29) is 11.6 Å². The number of hydrogen-bond acceptors (Lipinski definition) is 3. The zero-order chi connectivity index (χ0) is 17.7. The molecule has 3 rings (SSSR count). The predicted molar refractivity (Wildman–Crippen MR) is 97.2 cm³/mol. The van der Waals surface area contributed by atoms with E-state index in [2.05, 4.69) is 10.0 Å². The molecule has 0 heterocycles.